The molecule has 0 saturated heterocycles. The maximum absolute atomic E-state index is 12.1. The van der Waals surface area contributed by atoms with Crippen molar-refractivity contribution in [1.29, 1.82) is 0 Å². The van der Waals surface area contributed by atoms with Gasteiger partial charge in [-0.25, -0.2) is 4.79 Å². The molecule has 0 aliphatic heterocycles. The van der Waals surface area contributed by atoms with Crippen molar-refractivity contribution in [3.63, 3.8) is 0 Å². The molecule has 0 radical (unpaired) electrons. The first-order valence-electron chi connectivity index (χ1n) is 7.12. The van der Waals surface area contributed by atoms with Crippen molar-refractivity contribution in [3.05, 3.63) is 77.2 Å². The van der Waals surface area contributed by atoms with E-state index in [0.717, 1.165) is 22.0 Å². The van der Waals surface area contributed by atoms with Gasteiger partial charge in [0.2, 0.25) is 5.89 Å². The lowest BCUT2D eigenvalue weighted by Crippen LogP contribution is -2.16. The molecule has 4 rings (SSSR count). The van der Waals surface area contributed by atoms with E-state index in [1.54, 1.807) is 18.6 Å². The minimum atomic E-state index is -0.488. The zero-order valence-electron chi connectivity index (χ0n) is 12.1. The highest BCUT2D eigenvalue weighted by Gasteiger charge is 2.13. The van der Waals surface area contributed by atoms with Crippen LogP contribution in [0.15, 0.2) is 70.3 Å². The van der Waals surface area contributed by atoms with Gasteiger partial charge in [-0.2, -0.15) is 4.68 Å². The molecule has 0 fully saturated rings. The summed E-state index contributed by atoms with van der Waals surface area (Å²) in [5.41, 5.74) is 2.51. The molecule has 6 heteroatoms. The molecule has 0 aliphatic carbocycles. The summed E-state index contributed by atoms with van der Waals surface area (Å²) >= 11 is 0. The Morgan fingerprint density at radius 3 is 2.74 bits per heavy atom. The number of hydrogen-bond donors (Lipinski definition) is 0. The summed E-state index contributed by atoms with van der Waals surface area (Å²) in [6, 6.07) is 13.1. The van der Waals surface area contributed by atoms with Crippen molar-refractivity contribution in [1.82, 2.24) is 19.7 Å². The number of aromatic nitrogens is 4. The molecular weight excluding hydrogens is 292 g/mol. The molecule has 23 heavy (non-hydrogen) atoms. The van der Waals surface area contributed by atoms with Crippen LogP contribution in [0.2, 0.25) is 0 Å². The highest BCUT2D eigenvalue weighted by atomic mass is 16.4. The molecule has 0 atom stereocenters. The first kappa shape index (κ1) is 13.4. The van der Waals surface area contributed by atoms with Crippen LogP contribution >= 0.6 is 0 Å². The van der Waals surface area contributed by atoms with Gasteiger partial charge >= 0.3 is 5.76 Å². The Kier molecular flexibility index (Phi) is 3.20. The fourth-order valence-electron chi connectivity index (χ4n) is 2.47. The molecule has 0 spiro atoms. The Morgan fingerprint density at radius 1 is 1.00 bits per heavy atom. The van der Waals surface area contributed by atoms with E-state index in [1.165, 1.54) is 4.68 Å². The van der Waals surface area contributed by atoms with Gasteiger partial charge in [0.05, 0.1) is 12.1 Å². The van der Waals surface area contributed by atoms with E-state index in [2.05, 4.69) is 15.1 Å². The van der Waals surface area contributed by atoms with Gasteiger partial charge in [-0.15, -0.1) is 5.10 Å². The Hall–Kier alpha value is -3.28. The SMILES string of the molecule is O=c1oc(-c2cccc3ncccc23)nn1Cc1ccncc1. The van der Waals surface area contributed by atoms with Crippen LogP contribution in [0, 0.1) is 0 Å². The predicted molar refractivity (Wildman–Crippen MR) is 84.8 cm³/mol. The average Bonchev–Trinajstić information content (AvgIpc) is 2.96. The van der Waals surface area contributed by atoms with Crippen LogP contribution in [0.5, 0.6) is 0 Å². The number of hydrogen-bond acceptors (Lipinski definition) is 5. The number of pyridine rings is 2. The van der Waals surface area contributed by atoms with E-state index >= 15 is 0 Å². The fraction of sp³-hybridized carbons (Fsp3) is 0.0588. The van der Waals surface area contributed by atoms with Crippen LogP contribution in [0.25, 0.3) is 22.4 Å². The summed E-state index contributed by atoms with van der Waals surface area (Å²) in [6.45, 7) is 0.341. The second kappa shape index (κ2) is 5.49. The molecule has 3 heterocycles. The molecule has 4 aromatic rings. The minimum absolute atomic E-state index is 0.294. The summed E-state index contributed by atoms with van der Waals surface area (Å²) < 4.78 is 6.64. The lowest BCUT2D eigenvalue weighted by Gasteiger charge is -2.01. The van der Waals surface area contributed by atoms with Crippen LogP contribution < -0.4 is 5.76 Å². The van der Waals surface area contributed by atoms with Crippen LogP contribution in [0.3, 0.4) is 0 Å². The Balaban J connectivity index is 1.78. The summed E-state index contributed by atoms with van der Waals surface area (Å²) in [5, 5.41) is 5.21. The lowest BCUT2D eigenvalue weighted by atomic mass is 10.1. The molecule has 0 aliphatic rings. The van der Waals surface area contributed by atoms with E-state index in [9.17, 15) is 4.79 Å². The molecule has 6 nitrogen and oxygen atoms in total. The van der Waals surface area contributed by atoms with Crippen molar-refractivity contribution >= 4 is 10.9 Å². The molecule has 0 amide bonds. The minimum Gasteiger partial charge on any atom is -0.388 e. The second-order valence-electron chi connectivity index (χ2n) is 5.06. The third-order valence-electron chi connectivity index (χ3n) is 3.56. The zero-order chi connectivity index (χ0) is 15.6. The predicted octanol–water partition coefficient (Wildman–Crippen LogP) is 2.49. The molecular formula is C17H12N4O2. The highest BCUT2D eigenvalue weighted by Crippen LogP contribution is 2.25. The third-order valence-corrected chi connectivity index (χ3v) is 3.56. The Morgan fingerprint density at radius 2 is 1.87 bits per heavy atom. The van der Waals surface area contributed by atoms with Gasteiger partial charge in [0.15, 0.2) is 0 Å². The standard InChI is InChI=1S/C17H12N4O2/c22-17-21(11-12-6-9-18-10-7-12)20-16(23-17)14-3-1-5-15-13(14)4-2-8-19-15/h1-10H,11H2. The molecule has 1 aromatic carbocycles. The van der Waals surface area contributed by atoms with Gasteiger partial charge in [0, 0.05) is 29.5 Å². The molecule has 0 unspecified atom stereocenters. The van der Waals surface area contributed by atoms with Crippen molar-refractivity contribution in [2.45, 2.75) is 6.54 Å². The van der Waals surface area contributed by atoms with Crippen LogP contribution in [0.1, 0.15) is 5.56 Å². The number of nitrogens with zero attached hydrogens (tertiary/aromatic N) is 4. The summed E-state index contributed by atoms with van der Waals surface area (Å²) in [7, 11) is 0. The van der Waals surface area contributed by atoms with Crippen LogP contribution in [-0.4, -0.2) is 19.7 Å². The van der Waals surface area contributed by atoms with Gasteiger partial charge in [-0.3, -0.25) is 9.97 Å². The van der Waals surface area contributed by atoms with E-state index in [0.29, 0.717) is 12.4 Å². The van der Waals surface area contributed by atoms with Crippen molar-refractivity contribution < 1.29 is 4.42 Å². The van der Waals surface area contributed by atoms with Crippen LogP contribution in [-0.2, 0) is 6.54 Å². The van der Waals surface area contributed by atoms with Gasteiger partial charge in [-0.05, 0) is 35.9 Å². The van der Waals surface area contributed by atoms with Gasteiger partial charge in [0.25, 0.3) is 0 Å². The number of fused-ring (bicyclic) bond motifs is 1. The third kappa shape index (κ3) is 2.50. The molecule has 0 bridgehead atoms. The van der Waals surface area contributed by atoms with Crippen molar-refractivity contribution in [3.8, 4) is 11.5 Å². The maximum Gasteiger partial charge on any atom is 0.437 e. The Bertz CT molecular complexity index is 1020. The largest absolute Gasteiger partial charge is 0.437 e. The smallest absolute Gasteiger partial charge is 0.388 e. The monoisotopic (exact) mass is 304 g/mol. The highest BCUT2D eigenvalue weighted by molar-refractivity contribution is 5.92. The summed E-state index contributed by atoms with van der Waals surface area (Å²) in [5.74, 6) is -0.194. The van der Waals surface area contributed by atoms with Gasteiger partial charge in [-0.1, -0.05) is 12.1 Å². The Labute approximate surface area is 131 Å². The number of benzene rings is 1. The topological polar surface area (TPSA) is 73.8 Å². The quantitative estimate of drug-likeness (QED) is 0.581. The van der Waals surface area contributed by atoms with Gasteiger partial charge < -0.3 is 4.42 Å². The summed E-state index contributed by atoms with van der Waals surface area (Å²) in [6.07, 6.45) is 5.08. The van der Waals surface area contributed by atoms with E-state index in [4.69, 9.17) is 4.42 Å². The lowest BCUT2D eigenvalue weighted by molar-refractivity contribution is 0.495. The molecule has 0 N–H and O–H groups in total. The summed E-state index contributed by atoms with van der Waals surface area (Å²) in [4.78, 5) is 20.3. The second-order valence-corrected chi connectivity index (χ2v) is 5.06. The van der Waals surface area contributed by atoms with Crippen molar-refractivity contribution in [2.75, 3.05) is 0 Å². The van der Waals surface area contributed by atoms with Crippen molar-refractivity contribution in [2.24, 2.45) is 0 Å². The molecule has 0 saturated carbocycles. The van der Waals surface area contributed by atoms with Crippen LogP contribution in [0.4, 0.5) is 0 Å². The first-order valence-corrected chi connectivity index (χ1v) is 7.12. The molecule has 112 valence electrons. The van der Waals surface area contributed by atoms with E-state index in [-0.39, 0.29) is 0 Å². The average molecular weight is 304 g/mol. The van der Waals surface area contributed by atoms with E-state index in [1.807, 2.05) is 42.5 Å². The normalized spacial score (nSPS) is 11.0. The fourth-order valence-corrected chi connectivity index (χ4v) is 2.47. The first-order chi connectivity index (χ1) is 11.3. The zero-order valence-corrected chi connectivity index (χ0v) is 12.1. The van der Waals surface area contributed by atoms with Gasteiger partial charge in [0.1, 0.15) is 0 Å². The maximum atomic E-state index is 12.1. The molecule has 3 aromatic heterocycles. The number of rotatable bonds is 3. The van der Waals surface area contributed by atoms with E-state index < -0.39 is 5.76 Å².